The number of hydrogen-bond donors (Lipinski definition) is 3. The van der Waals surface area contributed by atoms with E-state index in [0.29, 0.717) is 11.5 Å². The van der Waals surface area contributed by atoms with Crippen molar-refractivity contribution in [3.8, 4) is 0 Å². The topological polar surface area (TPSA) is 87.6 Å². The third-order valence-corrected chi connectivity index (χ3v) is 3.06. The van der Waals surface area contributed by atoms with Crippen molar-refractivity contribution in [1.82, 2.24) is 20.0 Å². The SMILES string of the molecule is Cc1cc(NC(=O)Nc2ccc3cn[nH]c3c2)nn1C. The summed E-state index contributed by atoms with van der Waals surface area (Å²) < 4.78 is 1.70. The van der Waals surface area contributed by atoms with Gasteiger partial charge in [0.15, 0.2) is 5.82 Å². The highest BCUT2D eigenvalue weighted by molar-refractivity contribution is 6.00. The molecule has 0 radical (unpaired) electrons. The van der Waals surface area contributed by atoms with Crippen LogP contribution in [-0.2, 0) is 7.05 Å². The average molecular weight is 270 g/mol. The quantitative estimate of drug-likeness (QED) is 0.667. The second kappa shape index (κ2) is 4.69. The van der Waals surface area contributed by atoms with Gasteiger partial charge in [0, 0.05) is 29.9 Å². The van der Waals surface area contributed by atoms with Crippen LogP contribution in [0.3, 0.4) is 0 Å². The Kier molecular flexibility index (Phi) is 2.86. The molecule has 3 N–H and O–H groups in total. The molecule has 0 aliphatic heterocycles. The summed E-state index contributed by atoms with van der Waals surface area (Å²) in [4.78, 5) is 11.9. The summed E-state index contributed by atoms with van der Waals surface area (Å²) in [5.41, 5.74) is 2.53. The molecule has 2 heterocycles. The third-order valence-electron chi connectivity index (χ3n) is 3.06. The molecule has 2 amide bonds. The Labute approximate surface area is 115 Å². The van der Waals surface area contributed by atoms with Gasteiger partial charge in [-0.15, -0.1) is 0 Å². The maximum absolute atomic E-state index is 11.9. The van der Waals surface area contributed by atoms with Crippen LogP contribution in [0.2, 0.25) is 0 Å². The molecule has 0 saturated heterocycles. The van der Waals surface area contributed by atoms with Crippen LogP contribution in [0.5, 0.6) is 0 Å². The second-order valence-electron chi connectivity index (χ2n) is 4.55. The molecule has 3 aromatic rings. The number of carbonyl (C=O) groups excluding carboxylic acids is 1. The van der Waals surface area contributed by atoms with Gasteiger partial charge in [0.05, 0.1) is 11.7 Å². The van der Waals surface area contributed by atoms with Crippen molar-refractivity contribution in [1.29, 1.82) is 0 Å². The number of carbonyl (C=O) groups is 1. The molecule has 3 rings (SSSR count). The van der Waals surface area contributed by atoms with Crippen molar-refractivity contribution in [2.75, 3.05) is 10.6 Å². The van der Waals surface area contributed by atoms with Gasteiger partial charge >= 0.3 is 6.03 Å². The van der Waals surface area contributed by atoms with Crippen molar-refractivity contribution < 1.29 is 4.79 Å². The second-order valence-corrected chi connectivity index (χ2v) is 4.55. The van der Waals surface area contributed by atoms with E-state index in [1.807, 2.05) is 32.2 Å². The zero-order valence-electron chi connectivity index (χ0n) is 11.1. The first-order chi connectivity index (χ1) is 9.61. The van der Waals surface area contributed by atoms with Gasteiger partial charge in [-0.1, -0.05) is 0 Å². The molecule has 0 aliphatic rings. The van der Waals surface area contributed by atoms with E-state index in [-0.39, 0.29) is 6.03 Å². The molecule has 7 heteroatoms. The predicted octanol–water partition coefficient (Wildman–Crippen LogP) is 2.25. The number of amides is 2. The van der Waals surface area contributed by atoms with Gasteiger partial charge in [0.25, 0.3) is 0 Å². The average Bonchev–Trinajstić information content (AvgIpc) is 2.96. The largest absolute Gasteiger partial charge is 0.324 e. The van der Waals surface area contributed by atoms with E-state index in [4.69, 9.17) is 0 Å². The van der Waals surface area contributed by atoms with Crippen LogP contribution in [0.15, 0.2) is 30.5 Å². The number of aromatic nitrogens is 4. The lowest BCUT2D eigenvalue weighted by Gasteiger charge is -2.05. The van der Waals surface area contributed by atoms with Gasteiger partial charge in [-0.3, -0.25) is 15.1 Å². The molecule has 0 fully saturated rings. The maximum atomic E-state index is 11.9. The highest BCUT2D eigenvalue weighted by Gasteiger charge is 2.07. The number of anilines is 2. The summed E-state index contributed by atoms with van der Waals surface area (Å²) in [6, 6.07) is 7.01. The summed E-state index contributed by atoms with van der Waals surface area (Å²) >= 11 is 0. The fraction of sp³-hybridized carbons (Fsp3) is 0.154. The van der Waals surface area contributed by atoms with Crippen molar-refractivity contribution in [2.45, 2.75) is 6.92 Å². The first-order valence-electron chi connectivity index (χ1n) is 6.13. The summed E-state index contributed by atoms with van der Waals surface area (Å²) in [7, 11) is 1.82. The van der Waals surface area contributed by atoms with Crippen molar-refractivity contribution >= 4 is 28.4 Å². The molecular weight excluding hydrogens is 256 g/mol. The number of H-pyrrole nitrogens is 1. The summed E-state index contributed by atoms with van der Waals surface area (Å²) in [6.07, 6.45) is 1.73. The Morgan fingerprint density at radius 3 is 2.90 bits per heavy atom. The first-order valence-corrected chi connectivity index (χ1v) is 6.13. The summed E-state index contributed by atoms with van der Waals surface area (Å²) in [5, 5.41) is 17.4. The van der Waals surface area contributed by atoms with E-state index in [9.17, 15) is 4.79 Å². The Balaban J connectivity index is 1.71. The minimum Gasteiger partial charge on any atom is -0.308 e. The van der Waals surface area contributed by atoms with E-state index < -0.39 is 0 Å². The van der Waals surface area contributed by atoms with Crippen LogP contribution < -0.4 is 10.6 Å². The van der Waals surface area contributed by atoms with Crippen LogP contribution >= 0.6 is 0 Å². The number of hydrogen-bond acceptors (Lipinski definition) is 3. The van der Waals surface area contributed by atoms with E-state index in [1.54, 1.807) is 16.9 Å². The van der Waals surface area contributed by atoms with Gasteiger partial charge in [-0.2, -0.15) is 10.2 Å². The van der Waals surface area contributed by atoms with Crippen LogP contribution in [0.25, 0.3) is 10.9 Å². The third kappa shape index (κ3) is 2.33. The van der Waals surface area contributed by atoms with Crippen molar-refractivity contribution in [2.24, 2.45) is 7.05 Å². The van der Waals surface area contributed by atoms with Crippen molar-refractivity contribution in [3.05, 3.63) is 36.2 Å². The zero-order valence-corrected chi connectivity index (χ0v) is 11.1. The van der Waals surface area contributed by atoms with Gasteiger partial charge in [0.1, 0.15) is 0 Å². The van der Waals surface area contributed by atoms with Crippen molar-refractivity contribution in [3.63, 3.8) is 0 Å². The highest BCUT2D eigenvalue weighted by Crippen LogP contribution is 2.16. The zero-order chi connectivity index (χ0) is 14.1. The number of rotatable bonds is 2. The lowest BCUT2D eigenvalue weighted by molar-refractivity contribution is 0.262. The standard InChI is InChI=1S/C13H14N6O/c1-8-5-12(18-19(8)2)16-13(20)15-10-4-3-9-7-14-17-11(9)6-10/h3-7H,1-2H3,(H,14,17)(H2,15,16,18,20). The molecule has 2 aromatic heterocycles. The van der Waals surface area contributed by atoms with Gasteiger partial charge in [-0.25, -0.2) is 4.79 Å². The number of fused-ring (bicyclic) bond motifs is 1. The molecule has 0 bridgehead atoms. The Morgan fingerprint density at radius 2 is 2.15 bits per heavy atom. The minimum atomic E-state index is -0.332. The Bertz CT molecular complexity index is 753. The molecule has 0 saturated carbocycles. The van der Waals surface area contributed by atoms with Crippen LogP contribution in [0.4, 0.5) is 16.3 Å². The Morgan fingerprint density at radius 1 is 1.30 bits per heavy atom. The molecule has 1 aromatic carbocycles. The molecule has 102 valence electrons. The van der Waals surface area contributed by atoms with Gasteiger partial charge in [-0.05, 0) is 25.1 Å². The molecule has 0 atom stereocenters. The lowest BCUT2D eigenvalue weighted by atomic mass is 10.2. The van der Waals surface area contributed by atoms with E-state index in [1.165, 1.54) is 0 Å². The van der Waals surface area contributed by atoms with Crippen LogP contribution in [-0.4, -0.2) is 26.0 Å². The summed E-state index contributed by atoms with van der Waals surface area (Å²) in [6.45, 7) is 1.92. The number of aryl methyl sites for hydroxylation is 2. The van der Waals surface area contributed by atoms with Gasteiger partial charge in [0.2, 0.25) is 0 Å². The normalized spacial score (nSPS) is 10.7. The van der Waals surface area contributed by atoms with E-state index in [2.05, 4.69) is 25.9 Å². The van der Waals surface area contributed by atoms with Crippen LogP contribution in [0.1, 0.15) is 5.69 Å². The highest BCUT2D eigenvalue weighted by atomic mass is 16.2. The lowest BCUT2D eigenvalue weighted by Crippen LogP contribution is -2.19. The first kappa shape index (κ1) is 12.2. The fourth-order valence-corrected chi connectivity index (χ4v) is 1.92. The number of aromatic amines is 1. The van der Waals surface area contributed by atoms with Gasteiger partial charge < -0.3 is 5.32 Å². The monoisotopic (exact) mass is 270 g/mol. The Hall–Kier alpha value is -2.83. The minimum absolute atomic E-state index is 0.332. The molecule has 20 heavy (non-hydrogen) atoms. The van der Waals surface area contributed by atoms with Crippen LogP contribution in [0, 0.1) is 6.92 Å². The smallest absolute Gasteiger partial charge is 0.308 e. The number of urea groups is 1. The number of nitrogens with zero attached hydrogens (tertiary/aromatic N) is 3. The number of nitrogens with one attached hydrogen (secondary N) is 3. The predicted molar refractivity (Wildman–Crippen MR) is 76.7 cm³/mol. The maximum Gasteiger partial charge on any atom is 0.324 e. The molecular formula is C13H14N6O. The molecule has 0 aliphatic carbocycles. The molecule has 0 unspecified atom stereocenters. The molecule has 0 spiro atoms. The van der Waals surface area contributed by atoms with E-state index >= 15 is 0 Å². The van der Waals surface area contributed by atoms with E-state index in [0.717, 1.165) is 16.6 Å². The summed E-state index contributed by atoms with van der Waals surface area (Å²) in [5.74, 6) is 0.519. The molecule has 7 nitrogen and oxygen atoms in total. The fourth-order valence-electron chi connectivity index (χ4n) is 1.92. The number of benzene rings is 1.